The molecule has 0 radical (unpaired) electrons. The van der Waals surface area contributed by atoms with Crippen LogP contribution in [-0.2, 0) is 14.3 Å². The number of unbranched alkanes of at least 4 members (excludes halogenated alkanes) is 1. The lowest BCUT2D eigenvalue weighted by molar-refractivity contribution is -0.142. The number of esters is 1. The van der Waals surface area contributed by atoms with Crippen LogP contribution in [0.3, 0.4) is 0 Å². The fourth-order valence-electron chi connectivity index (χ4n) is 0.917. The SMILES string of the molecule is COC(=O)[C@H](CCCCN)N=C=O.Cl. The summed E-state index contributed by atoms with van der Waals surface area (Å²) in [7, 11) is 1.26. The summed E-state index contributed by atoms with van der Waals surface area (Å²) >= 11 is 0. The zero-order valence-corrected chi connectivity index (χ0v) is 8.88. The van der Waals surface area contributed by atoms with Crippen molar-refractivity contribution in [2.24, 2.45) is 10.7 Å². The summed E-state index contributed by atoms with van der Waals surface area (Å²) in [6.07, 6.45) is 3.40. The summed E-state index contributed by atoms with van der Waals surface area (Å²) in [5.41, 5.74) is 5.27. The highest BCUT2D eigenvalue weighted by Crippen LogP contribution is 2.05. The van der Waals surface area contributed by atoms with E-state index in [1.165, 1.54) is 13.2 Å². The number of halogens is 1. The van der Waals surface area contributed by atoms with Crippen molar-refractivity contribution in [2.75, 3.05) is 13.7 Å². The molecule has 5 nitrogen and oxygen atoms in total. The van der Waals surface area contributed by atoms with E-state index in [-0.39, 0.29) is 12.4 Å². The van der Waals surface area contributed by atoms with Gasteiger partial charge in [-0.1, -0.05) is 0 Å². The van der Waals surface area contributed by atoms with Gasteiger partial charge in [-0.15, -0.1) is 12.4 Å². The molecular weight excluding hydrogens is 208 g/mol. The van der Waals surface area contributed by atoms with Gasteiger partial charge in [0, 0.05) is 0 Å². The van der Waals surface area contributed by atoms with E-state index in [1.54, 1.807) is 0 Å². The molecule has 0 aliphatic carbocycles. The second kappa shape index (κ2) is 10.2. The Morgan fingerprint density at radius 3 is 2.64 bits per heavy atom. The quantitative estimate of drug-likeness (QED) is 0.306. The van der Waals surface area contributed by atoms with E-state index < -0.39 is 12.0 Å². The third kappa shape index (κ3) is 6.60. The molecule has 0 saturated heterocycles. The summed E-state index contributed by atoms with van der Waals surface area (Å²) in [6.45, 7) is 0.568. The Hall–Kier alpha value is -0.900. The molecule has 0 heterocycles. The highest BCUT2D eigenvalue weighted by atomic mass is 35.5. The minimum atomic E-state index is -0.714. The van der Waals surface area contributed by atoms with Crippen molar-refractivity contribution in [3.63, 3.8) is 0 Å². The summed E-state index contributed by atoms with van der Waals surface area (Å²) < 4.78 is 4.45. The number of carbonyl (C=O) groups is 1. The van der Waals surface area contributed by atoms with E-state index in [0.29, 0.717) is 13.0 Å². The number of hydrogen-bond acceptors (Lipinski definition) is 5. The highest BCUT2D eigenvalue weighted by molar-refractivity contribution is 5.85. The average Bonchev–Trinajstić information content (AvgIpc) is 2.16. The first kappa shape index (κ1) is 15.6. The van der Waals surface area contributed by atoms with Gasteiger partial charge in [-0.25, -0.2) is 9.59 Å². The Balaban J connectivity index is 0. The summed E-state index contributed by atoms with van der Waals surface area (Å²) in [5, 5.41) is 0. The lowest BCUT2D eigenvalue weighted by Gasteiger charge is -2.06. The smallest absolute Gasteiger partial charge is 0.331 e. The van der Waals surface area contributed by atoms with Crippen molar-refractivity contribution >= 4 is 24.5 Å². The van der Waals surface area contributed by atoms with E-state index in [1.807, 2.05) is 0 Å². The zero-order chi connectivity index (χ0) is 10.1. The van der Waals surface area contributed by atoms with Crippen molar-refractivity contribution < 1.29 is 14.3 Å². The van der Waals surface area contributed by atoms with Crippen molar-refractivity contribution in [3.8, 4) is 0 Å². The molecule has 0 aliphatic heterocycles. The molecule has 0 fully saturated rings. The fourth-order valence-corrected chi connectivity index (χ4v) is 0.917. The minimum absolute atomic E-state index is 0. The number of isocyanates is 1. The lowest BCUT2D eigenvalue weighted by Crippen LogP contribution is -2.20. The normalized spacial score (nSPS) is 10.7. The van der Waals surface area contributed by atoms with Crippen LogP contribution in [0.1, 0.15) is 19.3 Å². The molecule has 0 aliphatic rings. The van der Waals surface area contributed by atoms with Crippen LogP contribution in [0.2, 0.25) is 0 Å². The average molecular weight is 223 g/mol. The van der Waals surface area contributed by atoms with Gasteiger partial charge in [-0.3, -0.25) is 0 Å². The molecule has 6 heteroatoms. The van der Waals surface area contributed by atoms with Gasteiger partial charge in [-0.2, -0.15) is 4.99 Å². The van der Waals surface area contributed by atoms with Crippen molar-refractivity contribution in [3.05, 3.63) is 0 Å². The van der Waals surface area contributed by atoms with Gasteiger partial charge in [0.25, 0.3) is 0 Å². The number of aliphatic imine (C=N–C) groups is 1. The number of ether oxygens (including phenoxy) is 1. The second-order valence-electron chi connectivity index (χ2n) is 2.54. The van der Waals surface area contributed by atoms with E-state index in [4.69, 9.17) is 5.73 Å². The predicted molar refractivity (Wildman–Crippen MR) is 54.1 cm³/mol. The third-order valence-corrected chi connectivity index (χ3v) is 1.61. The number of carbonyl (C=O) groups excluding carboxylic acids is 2. The number of methoxy groups -OCH3 is 1. The number of rotatable bonds is 6. The van der Waals surface area contributed by atoms with Crippen molar-refractivity contribution in [1.82, 2.24) is 0 Å². The monoisotopic (exact) mass is 222 g/mol. The molecule has 0 aromatic heterocycles. The first-order chi connectivity index (χ1) is 6.26. The van der Waals surface area contributed by atoms with Gasteiger partial charge in [0.05, 0.1) is 7.11 Å². The topological polar surface area (TPSA) is 81.8 Å². The fraction of sp³-hybridized carbons (Fsp3) is 0.750. The van der Waals surface area contributed by atoms with Gasteiger partial charge in [0.2, 0.25) is 6.08 Å². The van der Waals surface area contributed by atoms with Gasteiger partial charge in [-0.05, 0) is 25.8 Å². The van der Waals surface area contributed by atoms with Gasteiger partial charge in [0.15, 0.2) is 6.04 Å². The molecule has 14 heavy (non-hydrogen) atoms. The van der Waals surface area contributed by atoms with E-state index in [0.717, 1.165) is 12.8 Å². The van der Waals surface area contributed by atoms with E-state index in [2.05, 4.69) is 9.73 Å². The Labute approximate surface area is 89.1 Å². The molecule has 2 N–H and O–H groups in total. The molecule has 1 atom stereocenters. The van der Waals surface area contributed by atoms with Crippen LogP contribution in [-0.4, -0.2) is 31.7 Å². The van der Waals surface area contributed by atoms with Gasteiger partial charge < -0.3 is 10.5 Å². The van der Waals surface area contributed by atoms with Crippen LogP contribution in [0.15, 0.2) is 4.99 Å². The largest absolute Gasteiger partial charge is 0.467 e. The molecule has 0 aromatic rings. The van der Waals surface area contributed by atoms with Gasteiger partial charge >= 0.3 is 5.97 Å². The second-order valence-corrected chi connectivity index (χ2v) is 2.54. The van der Waals surface area contributed by atoms with Crippen LogP contribution in [0.5, 0.6) is 0 Å². The molecule has 0 rings (SSSR count). The number of hydrogen-bond donors (Lipinski definition) is 1. The molecule has 0 saturated carbocycles. The Kier molecular flexibility index (Phi) is 11.3. The minimum Gasteiger partial charge on any atom is -0.467 e. The zero-order valence-electron chi connectivity index (χ0n) is 8.06. The third-order valence-electron chi connectivity index (χ3n) is 1.61. The van der Waals surface area contributed by atoms with Gasteiger partial charge in [0.1, 0.15) is 0 Å². The van der Waals surface area contributed by atoms with Crippen LogP contribution >= 0.6 is 12.4 Å². The molecule has 82 valence electrons. The van der Waals surface area contributed by atoms with Crippen LogP contribution in [0.25, 0.3) is 0 Å². The maximum atomic E-state index is 11.0. The summed E-state index contributed by atoms with van der Waals surface area (Å²) in [6, 6.07) is -0.714. The highest BCUT2D eigenvalue weighted by Gasteiger charge is 2.16. The molecule has 0 bridgehead atoms. The Morgan fingerprint density at radius 2 is 2.21 bits per heavy atom. The standard InChI is InChI=1S/C8H14N2O3.ClH/c1-13-8(12)7(10-6-11)4-2-3-5-9;/h7H,2-5,9H2,1H3;1H/t7-;/m0./s1. The number of nitrogens with zero attached hydrogens (tertiary/aromatic N) is 1. The van der Waals surface area contributed by atoms with Crippen LogP contribution in [0.4, 0.5) is 0 Å². The molecular formula is C8H15ClN2O3. The van der Waals surface area contributed by atoms with E-state index in [9.17, 15) is 9.59 Å². The van der Waals surface area contributed by atoms with Crippen molar-refractivity contribution in [1.29, 1.82) is 0 Å². The molecule has 0 amide bonds. The van der Waals surface area contributed by atoms with Crippen LogP contribution < -0.4 is 5.73 Å². The summed E-state index contributed by atoms with van der Waals surface area (Å²) in [5.74, 6) is -0.500. The number of nitrogens with two attached hydrogens (primary N) is 1. The maximum Gasteiger partial charge on any atom is 0.331 e. The Bertz CT molecular complexity index is 205. The lowest BCUT2D eigenvalue weighted by atomic mass is 10.1. The first-order valence-electron chi connectivity index (χ1n) is 4.11. The van der Waals surface area contributed by atoms with Crippen molar-refractivity contribution in [2.45, 2.75) is 25.3 Å². The maximum absolute atomic E-state index is 11.0. The Morgan fingerprint density at radius 1 is 1.57 bits per heavy atom. The van der Waals surface area contributed by atoms with E-state index >= 15 is 0 Å². The molecule has 0 aromatic carbocycles. The molecule has 0 spiro atoms. The predicted octanol–water partition coefficient (Wildman–Crippen LogP) is 0.415. The first-order valence-corrected chi connectivity index (χ1v) is 4.11. The van der Waals surface area contributed by atoms with Crippen LogP contribution in [0, 0.1) is 0 Å². The molecule has 0 unspecified atom stereocenters. The summed E-state index contributed by atoms with van der Waals surface area (Å²) in [4.78, 5) is 24.3.